The molecule has 154 valence electrons. The van der Waals surface area contributed by atoms with Crippen molar-refractivity contribution in [2.45, 2.75) is 11.8 Å². The van der Waals surface area contributed by atoms with E-state index < -0.39 is 34.5 Å². The zero-order chi connectivity index (χ0) is 20.7. The van der Waals surface area contributed by atoms with Crippen molar-refractivity contribution in [2.75, 3.05) is 39.5 Å². The molecule has 0 aromatic heterocycles. The number of halogens is 1. The predicted octanol–water partition coefficient (Wildman–Crippen LogP) is 0.472. The first kappa shape index (κ1) is 22.3. The highest BCUT2D eigenvalue weighted by atomic mass is 79.9. The summed E-state index contributed by atoms with van der Waals surface area (Å²) < 4.78 is 37.2. The van der Waals surface area contributed by atoms with Crippen LogP contribution in [0.2, 0.25) is 0 Å². The minimum atomic E-state index is -3.84. The van der Waals surface area contributed by atoms with Crippen molar-refractivity contribution in [1.29, 1.82) is 0 Å². The van der Waals surface area contributed by atoms with E-state index in [9.17, 15) is 22.8 Å². The van der Waals surface area contributed by atoms with Crippen LogP contribution in [0, 0.1) is 0 Å². The van der Waals surface area contributed by atoms with Crippen LogP contribution in [0.15, 0.2) is 27.6 Å². The Morgan fingerprint density at radius 2 is 1.93 bits per heavy atom. The van der Waals surface area contributed by atoms with Gasteiger partial charge in [0.15, 0.2) is 6.61 Å². The van der Waals surface area contributed by atoms with Gasteiger partial charge in [0.05, 0.1) is 23.7 Å². The van der Waals surface area contributed by atoms with Crippen LogP contribution in [0.3, 0.4) is 0 Å². The third kappa shape index (κ3) is 5.74. The molecule has 0 saturated carbocycles. The molecule has 2 rings (SSSR count). The van der Waals surface area contributed by atoms with Crippen LogP contribution in [0.1, 0.15) is 17.3 Å². The van der Waals surface area contributed by atoms with Crippen LogP contribution in [0.25, 0.3) is 0 Å². The van der Waals surface area contributed by atoms with E-state index >= 15 is 0 Å². The van der Waals surface area contributed by atoms with Crippen molar-refractivity contribution in [3.8, 4) is 0 Å². The van der Waals surface area contributed by atoms with Gasteiger partial charge in [0.25, 0.3) is 5.91 Å². The van der Waals surface area contributed by atoms with Crippen molar-refractivity contribution < 1.29 is 32.3 Å². The highest BCUT2D eigenvalue weighted by Gasteiger charge is 2.29. The highest BCUT2D eigenvalue weighted by Crippen LogP contribution is 2.27. The van der Waals surface area contributed by atoms with Crippen LogP contribution in [-0.4, -0.2) is 70.1 Å². The van der Waals surface area contributed by atoms with Crippen molar-refractivity contribution in [3.05, 3.63) is 28.2 Å². The molecular formula is C16H20BrN3O7S. The molecule has 1 saturated heterocycles. The first-order valence-corrected chi connectivity index (χ1v) is 10.6. The van der Waals surface area contributed by atoms with Crippen molar-refractivity contribution in [1.82, 2.24) is 14.9 Å². The second-order valence-corrected chi connectivity index (χ2v) is 8.41. The molecule has 0 bridgehead atoms. The number of sulfonamides is 1. The number of hydrogen-bond donors (Lipinski definition) is 2. The molecule has 12 heteroatoms. The fourth-order valence-electron chi connectivity index (χ4n) is 2.34. The number of rotatable bonds is 6. The SMILES string of the molecule is CCNC(=O)NC(=O)COC(=O)c1ccc(Br)c(S(=O)(=O)N2CCOCC2)c1. The third-order valence-corrected chi connectivity index (χ3v) is 6.57. The molecule has 1 fully saturated rings. The standard InChI is InChI=1S/C16H20BrN3O7S/c1-2-18-16(23)19-14(21)10-27-15(22)11-3-4-12(17)13(9-11)28(24,25)20-5-7-26-8-6-20/h3-4,9H,2,5-8,10H2,1H3,(H2,18,19,21,23). The summed E-state index contributed by atoms with van der Waals surface area (Å²) in [4.78, 5) is 34.9. The topological polar surface area (TPSA) is 131 Å². The number of carbonyl (C=O) groups excluding carboxylic acids is 3. The quantitative estimate of drug-likeness (QED) is 0.569. The number of nitrogens with zero attached hydrogens (tertiary/aromatic N) is 1. The van der Waals surface area contributed by atoms with E-state index in [1.54, 1.807) is 6.92 Å². The number of ether oxygens (including phenoxy) is 2. The summed E-state index contributed by atoms with van der Waals surface area (Å²) in [7, 11) is -3.84. The molecule has 28 heavy (non-hydrogen) atoms. The molecule has 1 aromatic carbocycles. The Hall–Kier alpha value is -2.02. The summed E-state index contributed by atoms with van der Waals surface area (Å²) in [5, 5.41) is 4.35. The molecule has 0 spiro atoms. The maximum atomic E-state index is 12.8. The lowest BCUT2D eigenvalue weighted by atomic mass is 10.2. The average Bonchev–Trinajstić information content (AvgIpc) is 2.67. The fraction of sp³-hybridized carbons (Fsp3) is 0.438. The maximum Gasteiger partial charge on any atom is 0.338 e. The summed E-state index contributed by atoms with van der Waals surface area (Å²) in [5.74, 6) is -1.70. The molecule has 0 aliphatic carbocycles. The molecule has 1 aromatic rings. The van der Waals surface area contributed by atoms with Crippen LogP contribution < -0.4 is 10.6 Å². The van der Waals surface area contributed by atoms with Gasteiger partial charge < -0.3 is 14.8 Å². The van der Waals surface area contributed by atoms with Crippen LogP contribution in [0.4, 0.5) is 4.79 Å². The number of benzene rings is 1. The number of urea groups is 1. The summed E-state index contributed by atoms with van der Waals surface area (Å²) in [6, 6.07) is 3.26. The van der Waals surface area contributed by atoms with Gasteiger partial charge in [-0.3, -0.25) is 10.1 Å². The van der Waals surface area contributed by atoms with E-state index in [1.165, 1.54) is 22.5 Å². The number of esters is 1. The van der Waals surface area contributed by atoms with E-state index in [2.05, 4.69) is 21.2 Å². The summed E-state index contributed by atoms with van der Waals surface area (Å²) in [6.45, 7) is 2.33. The Morgan fingerprint density at radius 1 is 1.25 bits per heavy atom. The second kappa shape index (κ2) is 9.96. The first-order valence-electron chi connectivity index (χ1n) is 8.38. The number of imide groups is 1. The van der Waals surface area contributed by atoms with Gasteiger partial charge in [-0.1, -0.05) is 0 Å². The molecule has 0 unspecified atom stereocenters. The molecular weight excluding hydrogens is 458 g/mol. The lowest BCUT2D eigenvalue weighted by Crippen LogP contribution is -2.41. The normalized spacial score (nSPS) is 14.9. The summed E-state index contributed by atoms with van der Waals surface area (Å²) >= 11 is 3.19. The van der Waals surface area contributed by atoms with Gasteiger partial charge in [-0.05, 0) is 41.1 Å². The summed E-state index contributed by atoms with van der Waals surface area (Å²) in [5.41, 5.74) is -0.0409. The lowest BCUT2D eigenvalue weighted by molar-refractivity contribution is -0.123. The molecule has 0 radical (unpaired) electrons. The van der Waals surface area contributed by atoms with Gasteiger partial charge in [0.2, 0.25) is 10.0 Å². The third-order valence-electron chi connectivity index (χ3n) is 3.68. The molecule has 2 N–H and O–H groups in total. The Labute approximate surface area is 170 Å². The van der Waals surface area contributed by atoms with Crippen LogP contribution >= 0.6 is 15.9 Å². The number of hydrogen-bond acceptors (Lipinski definition) is 7. The number of carbonyl (C=O) groups is 3. The number of morpholine rings is 1. The minimum Gasteiger partial charge on any atom is -0.452 e. The van der Waals surface area contributed by atoms with E-state index in [0.29, 0.717) is 24.2 Å². The monoisotopic (exact) mass is 477 g/mol. The van der Waals surface area contributed by atoms with Crippen molar-refractivity contribution in [2.24, 2.45) is 0 Å². The van der Waals surface area contributed by atoms with E-state index in [0.717, 1.165) is 0 Å². The van der Waals surface area contributed by atoms with E-state index in [4.69, 9.17) is 9.47 Å². The largest absolute Gasteiger partial charge is 0.452 e. The highest BCUT2D eigenvalue weighted by molar-refractivity contribution is 9.10. The molecule has 10 nitrogen and oxygen atoms in total. The minimum absolute atomic E-state index is 0.0409. The van der Waals surface area contributed by atoms with Gasteiger partial charge in [-0.25, -0.2) is 18.0 Å². The van der Waals surface area contributed by atoms with E-state index in [-0.39, 0.29) is 23.5 Å². The van der Waals surface area contributed by atoms with Crippen LogP contribution in [0.5, 0.6) is 0 Å². The van der Waals surface area contributed by atoms with Gasteiger partial charge >= 0.3 is 12.0 Å². The van der Waals surface area contributed by atoms with E-state index in [1.807, 2.05) is 5.32 Å². The maximum absolute atomic E-state index is 12.8. The van der Waals surface area contributed by atoms with Gasteiger partial charge in [0, 0.05) is 24.1 Å². The molecule has 0 atom stereocenters. The first-order chi connectivity index (χ1) is 13.3. The van der Waals surface area contributed by atoms with Gasteiger partial charge in [0.1, 0.15) is 0 Å². The number of amides is 3. The van der Waals surface area contributed by atoms with Crippen LogP contribution in [-0.2, 0) is 24.3 Å². The molecule has 3 amide bonds. The molecule has 1 aliphatic heterocycles. The summed E-state index contributed by atoms with van der Waals surface area (Å²) in [6.07, 6.45) is 0. The van der Waals surface area contributed by atoms with Crippen molar-refractivity contribution in [3.63, 3.8) is 0 Å². The Kier molecular flexibility index (Phi) is 7.92. The lowest BCUT2D eigenvalue weighted by Gasteiger charge is -2.26. The Balaban J connectivity index is 2.08. The smallest absolute Gasteiger partial charge is 0.338 e. The Bertz CT molecular complexity index is 854. The molecule has 1 heterocycles. The van der Waals surface area contributed by atoms with Crippen molar-refractivity contribution >= 4 is 43.9 Å². The molecule has 1 aliphatic rings. The second-order valence-electron chi connectivity index (χ2n) is 5.65. The van der Waals surface area contributed by atoms with Gasteiger partial charge in [-0.15, -0.1) is 0 Å². The fourth-order valence-corrected chi connectivity index (χ4v) is 4.69. The number of nitrogens with one attached hydrogen (secondary N) is 2. The predicted molar refractivity (Wildman–Crippen MR) is 101 cm³/mol. The zero-order valence-corrected chi connectivity index (χ0v) is 17.5. The average molecular weight is 478 g/mol. The zero-order valence-electron chi connectivity index (χ0n) is 15.1. The van der Waals surface area contributed by atoms with Gasteiger partial charge in [-0.2, -0.15) is 4.31 Å². The Morgan fingerprint density at radius 3 is 2.57 bits per heavy atom.